The monoisotopic (exact) mass is 386 g/mol. The van der Waals surface area contributed by atoms with E-state index in [2.05, 4.69) is 41.4 Å². The Morgan fingerprint density at radius 1 is 1.00 bits per heavy atom. The summed E-state index contributed by atoms with van der Waals surface area (Å²) in [5.74, 6) is 4.84. The van der Waals surface area contributed by atoms with Crippen molar-refractivity contribution in [3.63, 3.8) is 0 Å². The van der Waals surface area contributed by atoms with Gasteiger partial charge in [-0.3, -0.25) is 0 Å². The molecule has 3 N–H and O–H groups in total. The number of nitrogens with one attached hydrogen (secondary N) is 1. The first-order chi connectivity index (χ1) is 14.1. The van der Waals surface area contributed by atoms with Crippen LogP contribution in [0.15, 0.2) is 66.7 Å². The van der Waals surface area contributed by atoms with E-state index in [4.69, 9.17) is 10.5 Å². The minimum atomic E-state index is -0.567. The average molecular weight is 386 g/mol. The van der Waals surface area contributed by atoms with Crippen molar-refractivity contribution in [2.45, 2.75) is 5.92 Å². The van der Waals surface area contributed by atoms with Gasteiger partial charge in [-0.25, -0.2) is 9.18 Å². The second kappa shape index (κ2) is 8.07. The number of fused-ring (bicyclic) bond motifs is 3. The lowest BCUT2D eigenvalue weighted by molar-refractivity contribution is 0.144. The molecule has 0 saturated heterocycles. The number of halogens is 1. The van der Waals surface area contributed by atoms with Crippen molar-refractivity contribution in [2.24, 2.45) is 0 Å². The average Bonchev–Trinajstić information content (AvgIpc) is 3.05. The highest BCUT2D eigenvalue weighted by Gasteiger charge is 2.28. The molecule has 4 rings (SSSR count). The summed E-state index contributed by atoms with van der Waals surface area (Å²) in [6.45, 7) is 0.262. The molecule has 144 valence electrons. The zero-order chi connectivity index (χ0) is 20.2. The van der Waals surface area contributed by atoms with Crippen LogP contribution in [0.2, 0.25) is 0 Å². The number of alkyl carbamates (subject to hydrolysis) is 1. The Bertz CT molecular complexity index is 1070. The zero-order valence-corrected chi connectivity index (χ0v) is 15.6. The number of rotatable bonds is 3. The standard InChI is InChI=1S/C24H19FN2O2/c25-22-12-5-13-23(26)20(22)11-6-14-27-24(28)29-15-21-18-9-3-1-7-16(18)17-8-2-4-10-19(17)21/h1-5,7-10,12-13,21H,14-15,26H2,(H,27,28). The quantitative estimate of drug-likeness (QED) is 0.521. The molecule has 4 nitrogen and oxygen atoms in total. The molecule has 29 heavy (non-hydrogen) atoms. The van der Waals surface area contributed by atoms with Crippen LogP contribution in [0.25, 0.3) is 11.1 Å². The van der Waals surface area contributed by atoms with E-state index in [0.29, 0.717) is 0 Å². The minimum Gasteiger partial charge on any atom is -0.449 e. The Labute approximate surface area is 168 Å². The van der Waals surface area contributed by atoms with E-state index in [1.54, 1.807) is 6.07 Å². The van der Waals surface area contributed by atoms with Gasteiger partial charge in [0.2, 0.25) is 0 Å². The maximum atomic E-state index is 13.7. The van der Waals surface area contributed by atoms with Crippen molar-refractivity contribution >= 4 is 11.8 Å². The minimum absolute atomic E-state index is 0.00236. The first-order valence-electron chi connectivity index (χ1n) is 9.27. The number of benzene rings is 3. The van der Waals surface area contributed by atoms with E-state index in [0.717, 1.165) is 11.1 Å². The molecular weight excluding hydrogens is 367 g/mol. The van der Waals surface area contributed by atoms with Gasteiger partial charge in [-0.05, 0) is 34.4 Å². The van der Waals surface area contributed by atoms with Crippen molar-refractivity contribution in [3.05, 3.63) is 89.2 Å². The molecule has 0 unspecified atom stereocenters. The first kappa shape index (κ1) is 18.6. The van der Waals surface area contributed by atoms with Gasteiger partial charge in [0.05, 0.1) is 17.8 Å². The summed E-state index contributed by atoms with van der Waals surface area (Å²) in [4.78, 5) is 12.1. The van der Waals surface area contributed by atoms with E-state index >= 15 is 0 Å². The Balaban J connectivity index is 1.37. The lowest BCUT2D eigenvalue weighted by Crippen LogP contribution is -2.26. The molecule has 3 aromatic carbocycles. The highest BCUT2D eigenvalue weighted by atomic mass is 19.1. The molecule has 0 atom stereocenters. The van der Waals surface area contributed by atoms with Gasteiger partial charge in [-0.15, -0.1) is 0 Å². The molecule has 0 aromatic heterocycles. The predicted octanol–water partition coefficient (Wildman–Crippen LogP) is 4.30. The molecule has 1 aliphatic carbocycles. The Morgan fingerprint density at radius 2 is 1.66 bits per heavy atom. The molecule has 3 aromatic rings. The molecular formula is C24H19FN2O2. The van der Waals surface area contributed by atoms with Gasteiger partial charge in [0.1, 0.15) is 12.4 Å². The van der Waals surface area contributed by atoms with Gasteiger partial charge >= 0.3 is 6.09 Å². The van der Waals surface area contributed by atoms with Gasteiger partial charge in [-0.2, -0.15) is 0 Å². The fourth-order valence-electron chi connectivity index (χ4n) is 3.57. The Kier molecular flexibility index (Phi) is 5.17. The topological polar surface area (TPSA) is 64.3 Å². The number of hydrogen-bond acceptors (Lipinski definition) is 3. The number of carbonyl (C=O) groups is 1. The number of amides is 1. The fourth-order valence-corrected chi connectivity index (χ4v) is 3.57. The summed E-state index contributed by atoms with van der Waals surface area (Å²) in [5.41, 5.74) is 10.7. The SMILES string of the molecule is Nc1cccc(F)c1C#CCNC(=O)OCC1c2ccccc2-c2ccccc21. The Morgan fingerprint density at radius 3 is 2.31 bits per heavy atom. The molecule has 5 heteroatoms. The second-order valence-corrected chi connectivity index (χ2v) is 6.68. The van der Waals surface area contributed by atoms with Crippen LogP contribution in [0, 0.1) is 17.7 Å². The normalized spacial score (nSPS) is 11.8. The van der Waals surface area contributed by atoms with Gasteiger partial charge in [0.15, 0.2) is 0 Å². The van der Waals surface area contributed by atoms with Crippen LogP contribution in [0.3, 0.4) is 0 Å². The number of anilines is 1. The van der Waals surface area contributed by atoms with Crippen LogP contribution in [0.1, 0.15) is 22.6 Å². The van der Waals surface area contributed by atoms with Gasteiger partial charge in [-0.1, -0.05) is 66.4 Å². The van der Waals surface area contributed by atoms with E-state index in [9.17, 15) is 9.18 Å². The van der Waals surface area contributed by atoms with E-state index in [1.807, 2.05) is 24.3 Å². The fraction of sp³-hybridized carbons (Fsp3) is 0.125. The van der Waals surface area contributed by atoms with Crippen LogP contribution in [-0.4, -0.2) is 19.2 Å². The van der Waals surface area contributed by atoms with Crippen LogP contribution in [0.5, 0.6) is 0 Å². The molecule has 0 aliphatic heterocycles. The van der Waals surface area contributed by atoms with Crippen molar-refractivity contribution in [1.82, 2.24) is 5.32 Å². The van der Waals surface area contributed by atoms with E-state index < -0.39 is 11.9 Å². The van der Waals surface area contributed by atoms with Crippen LogP contribution in [-0.2, 0) is 4.74 Å². The first-order valence-corrected chi connectivity index (χ1v) is 9.27. The van der Waals surface area contributed by atoms with Crippen LogP contribution < -0.4 is 11.1 Å². The highest BCUT2D eigenvalue weighted by Crippen LogP contribution is 2.44. The molecule has 0 radical (unpaired) electrons. The number of nitrogen functional groups attached to an aromatic ring is 1. The lowest BCUT2D eigenvalue weighted by Gasteiger charge is -2.14. The smallest absolute Gasteiger partial charge is 0.407 e. The maximum absolute atomic E-state index is 13.7. The van der Waals surface area contributed by atoms with Crippen molar-refractivity contribution < 1.29 is 13.9 Å². The van der Waals surface area contributed by atoms with Crippen molar-refractivity contribution in [1.29, 1.82) is 0 Å². The predicted molar refractivity (Wildman–Crippen MR) is 111 cm³/mol. The molecule has 1 amide bonds. The third kappa shape index (κ3) is 3.78. The summed E-state index contributed by atoms with van der Waals surface area (Å²) < 4.78 is 19.1. The molecule has 0 saturated carbocycles. The summed E-state index contributed by atoms with van der Waals surface area (Å²) >= 11 is 0. The number of ether oxygens (including phenoxy) is 1. The number of hydrogen-bond donors (Lipinski definition) is 2. The molecule has 1 aliphatic rings. The summed E-state index contributed by atoms with van der Waals surface area (Å²) in [6.07, 6.45) is -0.567. The number of nitrogens with two attached hydrogens (primary N) is 1. The van der Waals surface area contributed by atoms with Crippen molar-refractivity contribution in [3.8, 4) is 23.0 Å². The molecule has 0 bridgehead atoms. The largest absolute Gasteiger partial charge is 0.449 e. The van der Waals surface area contributed by atoms with E-state index in [1.165, 1.54) is 23.3 Å². The molecule has 0 fully saturated rings. The third-order valence-corrected chi connectivity index (χ3v) is 4.92. The number of carbonyl (C=O) groups excluding carboxylic acids is 1. The molecule has 0 heterocycles. The van der Waals surface area contributed by atoms with Crippen LogP contribution in [0.4, 0.5) is 14.9 Å². The van der Waals surface area contributed by atoms with Crippen LogP contribution >= 0.6 is 0 Å². The van der Waals surface area contributed by atoms with Gasteiger partial charge in [0.25, 0.3) is 0 Å². The maximum Gasteiger partial charge on any atom is 0.407 e. The third-order valence-electron chi connectivity index (χ3n) is 4.92. The Hall–Kier alpha value is -3.78. The van der Waals surface area contributed by atoms with Gasteiger partial charge in [0, 0.05) is 5.92 Å². The summed E-state index contributed by atoms with van der Waals surface area (Å²) in [6, 6.07) is 20.7. The summed E-state index contributed by atoms with van der Waals surface area (Å²) in [7, 11) is 0. The zero-order valence-electron chi connectivity index (χ0n) is 15.6. The van der Waals surface area contributed by atoms with Gasteiger partial charge < -0.3 is 15.8 Å². The lowest BCUT2D eigenvalue weighted by atomic mass is 9.98. The van der Waals surface area contributed by atoms with Crippen molar-refractivity contribution in [2.75, 3.05) is 18.9 Å². The highest BCUT2D eigenvalue weighted by molar-refractivity contribution is 5.79. The molecule has 0 spiro atoms. The summed E-state index contributed by atoms with van der Waals surface area (Å²) in [5, 5.41) is 2.57. The van der Waals surface area contributed by atoms with E-state index in [-0.39, 0.29) is 30.3 Å². The second-order valence-electron chi connectivity index (χ2n) is 6.68.